The average Bonchev–Trinajstić information content (AvgIpc) is 2.85. The second-order valence-electron chi connectivity index (χ2n) is 6.59. The summed E-state index contributed by atoms with van der Waals surface area (Å²) in [5, 5.41) is 3.42. The first-order valence-electron chi connectivity index (χ1n) is 7.66. The molecule has 1 aromatic rings. The van der Waals surface area contributed by atoms with Gasteiger partial charge in [-0.1, -0.05) is 0 Å². The molecule has 1 fully saturated rings. The van der Waals surface area contributed by atoms with Crippen LogP contribution < -0.4 is 5.32 Å². The number of aromatic nitrogens is 1. The number of hydrogen-bond donors (Lipinski definition) is 1. The van der Waals surface area contributed by atoms with Crippen LogP contribution in [0.25, 0.3) is 0 Å². The fraction of sp³-hybridized carbons (Fsp3) is 0.625. The number of pyridine rings is 1. The minimum atomic E-state index is -0.443. The van der Waals surface area contributed by atoms with Gasteiger partial charge in [-0.15, -0.1) is 0 Å². The Kier molecular flexibility index (Phi) is 5.81. The summed E-state index contributed by atoms with van der Waals surface area (Å²) in [5.74, 6) is 0. The van der Waals surface area contributed by atoms with Crippen LogP contribution in [-0.4, -0.2) is 40.7 Å². The Morgan fingerprint density at radius 3 is 3.00 bits per heavy atom. The molecule has 1 aromatic heterocycles. The third kappa shape index (κ3) is 5.25. The molecule has 1 aliphatic rings. The van der Waals surface area contributed by atoms with E-state index in [0.29, 0.717) is 0 Å². The molecule has 0 spiro atoms. The van der Waals surface area contributed by atoms with Crippen molar-refractivity contribution in [1.29, 1.82) is 0 Å². The van der Waals surface area contributed by atoms with E-state index >= 15 is 0 Å². The van der Waals surface area contributed by atoms with E-state index in [-0.39, 0.29) is 12.1 Å². The lowest BCUT2D eigenvalue weighted by Gasteiger charge is -2.28. The largest absolute Gasteiger partial charge is 0.444 e. The number of hydrogen-bond acceptors (Lipinski definition) is 4. The molecule has 1 saturated heterocycles. The van der Waals surface area contributed by atoms with Crippen molar-refractivity contribution in [2.45, 2.75) is 51.8 Å². The fourth-order valence-electron chi connectivity index (χ4n) is 2.54. The first kappa shape index (κ1) is 17.2. The molecule has 0 bridgehead atoms. The van der Waals surface area contributed by atoms with E-state index in [4.69, 9.17) is 4.74 Å². The monoisotopic (exact) mass is 369 g/mol. The predicted octanol–water partition coefficient (Wildman–Crippen LogP) is 3.33. The van der Waals surface area contributed by atoms with Crippen molar-refractivity contribution in [3.63, 3.8) is 0 Å². The van der Waals surface area contributed by atoms with Crippen molar-refractivity contribution < 1.29 is 9.53 Å². The van der Waals surface area contributed by atoms with Gasteiger partial charge >= 0.3 is 6.09 Å². The molecule has 1 amide bonds. The summed E-state index contributed by atoms with van der Waals surface area (Å²) in [6, 6.07) is 4.19. The molecule has 0 aliphatic carbocycles. The molecule has 0 aromatic carbocycles. The van der Waals surface area contributed by atoms with Gasteiger partial charge in [0.05, 0.1) is 0 Å². The molecule has 1 atom stereocenters. The highest BCUT2D eigenvalue weighted by atomic mass is 79.9. The zero-order chi connectivity index (χ0) is 16.2. The molecule has 0 unspecified atom stereocenters. The van der Waals surface area contributed by atoms with Crippen LogP contribution in [-0.2, 0) is 11.3 Å². The summed E-state index contributed by atoms with van der Waals surface area (Å²) < 4.78 is 6.31. The van der Waals surface area contributed by atoms with Crippen LogP contribution in [0.3, 0.4) is 0 Å². The van der Waals surface area contributed by atoms with Crippen molar-refractivity contribution in [2.24, 2.45) is 0 Å². The normalized spacial score (nSPS) is 18.5. The molecule has 6 heteroatoms. The lowest BCUT2D eigenvalue weighted by molar-refractivity contribution is 0.0226. The minimum absolute atomic E-state index is 0.205. The second-order valence-corrected chi connectivity index (χ2v) is 7.40. The zero-order valence-electron chi connectivity index (χ0n) is 13.4. The summed E-state index contributed by atoms with van der Waals surface area (Å²) >= 11 is 3.37. The Morgan fingerprint density at radius 1 is 1.55 bits per heavy atom. The molecule has 1 N–H and O–H groups in total. The number of halogens is 1. The van der Waals surface area contributed by atoms with Gasteiger partial charge in [0.1, 0.15) is 10.2 Å². The topological polar surface area (TPSA) is 54.5 Å². The van der Waals surface area contributed by atoms with Crippen molar-refractivity contribution >= 4 is 22.0 Å². The van der Waals surface area contributed by atoms with Gasteiger partial charge < -0.3 is 15.0 Å². The number of amides is 1. The number of nitrogens with one attached hydrogen (secondary N) is 1. The van der Waals surface area contributed by atoms with Gasteiger partial charge in [-0.3, -0.25) is 0 Å². The summed E-state index contributed by atoms with van der Waals surface area (Å²) in [5.41, 5.74) is 0.727. The van der Waals surface area contributed by atoms with Crippen LogP contribution >= 0.6 is 15.9 Å². The molecule has 0 radical (unpaired) electrons. The molecule has 5 nitrogen and oxygen atoms in total. The van der Waals surface area contributed by atoms with Gasteiger partial charge in [0.25, 0.3) is 0 Å². The molecule has 122 valence electrons. The van der Waals surface area contributed by atoms with Gasteiger partial charge in [0.15, 0.2) is 0 Å². The van der Waals surface area contributed by atoms with Crippen LogP contribution in [0.4, 0.5) is 4.79 Å². The Hall–Kier alpha value is -1.14. The molecule has 1 aliphatic heterocycles. The van der Waals surface area contributed by atoms with Gasteiger partial charge in [-0.25, -0.2) is 9.78 Å². The Labute approximate surface area is 140 Å². The summed E-state index contributed by atoms with van der Waals surface area (Å²) in [7, 11) is 0. The summed E-state index contributed by atoms with van der Waals surface area (Å²) in [6.07, 6.45) is 3.63. The first-order chi connectivity index (χ1) is 10.3. The van der Waals surface area contributed by atoms with E-state index in [2.05, 4.69) is 26.2 Å². The zero-order valence-corrected chi connectivity index (χ0v) is 15.0. The Bertz CT molecular complexity index is 516. The quantitative estimate of drug-likeness (QED) is 0.826. The highest BCUT2D eigenvalue weighted by Gasteiger charge is 2.31. The average molecular weight is 370 g/mol. The van der Waals surface area contributed by atoms with Crippen molar-refractivity contribution in [2.75, 3.05) is 13.1 Å². The summed E-state index contributed by atoms with van der Waals surface area (Å²) in [4.78, 5) is 18.2. The van der Waals surface area contributed by atoms with Crippen LogP contribution in [0.2, 0.25) is 0 Å². The number of carbonyl (C=O) groups excluding carboxylic acids is 1. The molecule has 22 heavy (non-hydrogen) atoms. The fourth-order valence-corrected chi connectivity index (χ4v) is 2.96. The van der Waals surface area contributed by atoms with Crippen molar-refractivity contribution in [3.8, 4) is 0 Å². The van der Waals surface area contributed by atoms with E-state index in [1.807, 2.05) is 37.8 Å². The van der Waals surface area contributed by atoms with E-state index in [0.717, 1.165) is 37.1 Å². The lowest BCUT2D eigenvalue weighted by Crippen LogP contribution is -2.44. The number of likely N-dealkylation sites (tertiary alicyclic amines) is 1. The smallest absolute Gasteiger partial charge is 0.410 e. The van der Waals surface area contributed by atoms with E-state index < -0.39 is 5.60 Å². The maximum atomic E-state index is 12.2. The van der Waals surface area contributed by atoms with Gasteiger partial charge in [-0.05, 0) is 67.2 Å². The standard InChI is InChI=1S/C16H24BrN3O2/c1-16(2,3)22-15(21)20-8-4-5-13(20)11-18-10-12-6-7-19-14(17)9-12/h6-7,9,13,18H,4-5,8,10-11H2,1-3H3/t13-/m1/s1. The molecular weight excluding hydrogens is 346 g/mol. The third-order valence-electron chi connectivity index (χ3n) is 3.51. The van der Waals surface area contributed by atoms with Crippen LogP contribution in [0, 0.1) is 0 Å². The van der Waals surface area contributed by atoms with Gasteiger partial charge in [0, 0.05) is 31.9 Å². The van der Waals surface area contributed by atoms with Crippen LogP contribution in [0.1, 0.15) is 39.2 Å². The Balaban J connectivity index is 1.82. The third-order valence-corrected chi connectivity index (χ3v) is 3.94. The van der Waals surface area contributed by atoms with E-state index in [1.165, 1.54) is 5.56 Å². The van der Waals surface area contributed by atoms with Crippen molar-refractivity contribution in [1.82, 2.24) is 15.2 Å². The molecule has 2 heterocycles. The van der Waals surface area contributed by atoms with Gasteiger partial charge in [0.2, 0.25) is 0 Å². The number of carbonyl (C=O) groups is 1. The van der Waals surface area contributed by atoms with Crippen molar-refractivity contribution in [3.05, 3.63) is 28.5 Å². The molecule has 2 rings (SSSR count). The molecular formula is C16H24BrN3O2. The van der Waals surface area contributed by atoms with E-state index in [9.17, 15) is 4.79 Å². The lowest BCUT2D eigenvalue weighted by atomic mass is 10.2. The van der Waals surface area contributed by atoms with Gasteiger partial charge in [-0.2, -0.15) is 0 Å². The predicted molar refractivity (Wildman–Crippen MR) is 89.6 cm³/mol. The molecule has 0 saturated carbocycles. The summed E-state index contributed by atoms with van der Waals surface area (Å²) in [6.45, 7) is 8.02. The minimum Gasteiger partial charge on any atom is -0.444 e. The SMILES string of the molecule is CC(C)(C)OC(=O)N1CCC[C@@H]1CNCc1ccnc(Br)c1. The highest BCUT2D eigenvalue weighted by Crippen LogP contribution is 2.20. The second kappa shape index (κ2) is 7.42. The maximum absolute atomic E-state index is 12.2. The Morgan fingerprint density at radius 2 is 2.32 bits per heavy atom. The van der Waals surface area contributed by atoms with Crippen LogP contribution in [0.15, 0.2) is 22.9 Å². The van der Waals surface area contributed by atoms with E-state index in [1.54, 1.807) is 6.20 Å². The number of nitrogens with zero attached hydrogens (tertiary/aromatic N) is 2. The first-order valence-corrected chi connectivity index (χ1v) is 8.45. The number of rotatable bonds is 4. The maximum Gasteiger partial charge on any atom is 0.410 e. The number of ether oxygens (including phenoxy) is 1. The van der Waals surface area contributed by atoms with Crippen LogP contribution in [0.5, 0.6) is 0 Å². The highest BCUT2D eigenvalue weighted by molar-refractivity contribution is 9.10.